The zero-order chi connectivity index (χ0) is 18.2. The summed E-state index contributed by atoms with van der Waals surface area (Å²) in [7, 11) is 5.66. The van der Waals surface area contributed by atoms with Gasteiger partial charge in [0.05, 0.1) is 12.1 Å². The van der Waals surface area contributed by atoms with E-state index in [4.69, 9.17) is 21.1 Å². The Hall–Kier alpha value is -1.82. The maximum atomic E-state index is 13.0. The summed E-state index contributed by atoms with van der Waals surface area (Å²) in [6.45, 7) is 2.83. The first kappa shape index (κ1) is 19.5. The van der Waals surface area contributed by atoms with E-state index in [0.717, 1.165) is 24.2 Å². The van der Waals surface area contributed by atoms with E-state index in [0.29, 0.717) is 23.1 Å². The molecule has 0 unspecified atom stereocenters. The number of ether oxygens (including phenoxy) is 2. The minimum atomic E-state index is -0.273. The Morgan fingerprint density at radius 1 is 1.12 bits per heavy atom. The van der Waals surface area contributed by atoms with Gasteiger partial charge in [0.15, 0.2) is 11.5 Å². The Morgan fingerprint density at radius 2 is 1.84 bits per heavy atom. The maximum absolute atomic E-state index is 13.0. The molecule has 6 heteroatoms. The molecular formula is C19H24ClFN2O2. The van der Waals surface area contributed by atoms with Gasteiger partial charge in [-0.05, 0) is 49.5 Å². The smallest absolute Gasteiger partial charge is 0.180 e. The molecule has 0 amide bonds. The van der Waals surface area contributed by atoms with Crippen LogP contribution in [0, 0.1) is 5.82 Å². The highest BCUT2D eigenvalue weighted by atomic mass is 35.5. The van der Waals surface area contributed by atoms with Crippen molar-refractivity contribution in [2.45, 2.75) is 13.2 Å². The highest BCUT2D eigenvalue weighted by molar-refractivity contribution is 6.32. The first-order valence-electron chi connectivity index (χ1n) is 8.08. The van der Waals surface area contributed by atoms with E-state index in [1.54, 1.807) is 19.2 Å². The number of likely N-dealkylation sites (N-methyl/N-ethyl adjacent to an activating group) is 1. The fourth-order valence-corrected chi connectivity index (χ4v) is 2.57. The van der Waals surface area contributed by atoms with Crippen molar-refractivity contribution < 1.29 is 13.9 Å². The second-order valence-corrected chi connectivity index (χ2v) is 6.41. The van der Waals surface area contributed by atoms with Crippen molar-refractivity contribution in [3.63, 3.8) is 0 Å². The van der Waals surface area contributed by atoms with E-state index in [1.807, 2.05) is 26.2 Å². The number of methoxy groups -OCH3 is 1. The van der Waals surface area contributed by atoms with Crippen molar-refractivity contribution in [2.24, 2.45) is 0 Å². The molecule has 0 saturated carbocycles. The number of nitrogens with zero attached hydrogens (tertiary/aromatic N) is 1. The summed E-state index contributed by atoms with van der Waals surface area (Å²) < 4.78 is 24.2. The van der Waals surface area contributed by atoms with Gasteiger partial charge in [-0.25, -0.2) is 4.39 Å². The minimum Gasteiger partial charge on any atom is -0.493 e. The maximum Gasteiger partial charge on any atom is 0.180 e. The number of nitrogens with one attached hydrogen (secondary N) is 1. The zero-order valence-electron chi connectivity index (χ0n) is 14.8. The van der Waals surface area contributed by atoms with Crippen molar-refractivity contribution >= 4 is 11.6 Å². The topological polar surface area (TPSA) is 33.7 Å². The van der Waals surface area contributed by atoms with Crippen LogP contribution in [0.3, 0.4) is 0 Å². The normalized spacial score (nSPS) is 11.0. The average Bonchev–Trinajstić information content (AvgIpc) is 2.58. The molecule has 136 valence electrons. The van der Waals surface area contributed by atoms with Crippen LogP contribution < -0.4 is 14.8 Å². The molecule has 0 aliphatic heterocycles. The Balaban J connectivity index is 2.01. The van der Waals surface area contributed by atoms with Gasteiger partial charge in [0, 0.05) is 19.6 Å². The van der Waals surface area contributed by atoms with Crippen LogP contribution in [-0.2, 0) is 13.2 Å². The van der Waals surface area contributed by atoms with Crippen molar-refractivity contribution in [1.82, 2.24) is 10.2 Å². The summed E-state index contributed by atoms with van der Waals surface area (Å²) in [6.07, 6.45) is 0. The fraction of sp³-hybridized carbons (Fsp3) is 0.368. The third-order valence-corrected chi connectivity index (χ3v) is 3.93. The lowest BCUT2D eigenvalue weighted by Crippen LogP contribution is -2.26. The third-order valence-electron chi connectivity index (χ3n) is 3.65. The largest absolute Gasteiger partial charge is 0.493 e. The van der Waals surface area contributed by atoms with E-state index in [2.05, 4.69) is 10.2 Å². The standard InChI is InChI=1S/C19H24ClFN2O2/c1-23(2)9-8-22-12-15-10-17(20)19(18(11-15)24-3)25-13-14-4-6-16(21)7-5-14/h4-7,10-11,22H,8-9,12-13H2,1-3H3. The van der Waals surface area contributed by atoms with Crippen LogP contribution in [0.5, 0.6) is 11.5 Å². The number of hydrogen-bond donors (Lipinski definition) is 1. The molecule has 25 heavy (non-hydrogen) atoms. The highest BCUT2D eigenvalue weighted by Crippen LogP contribution is 2.37. The van der Waals surface area contributed by atoms with Crippen LogP contribution in [0.25, 0.3) is 0 Å². The molecule has 0 aromatic heterocycles. The van der Waals surface area contributed by atoms with Gasteiger partial charge in [-0.15, -0.1) is 0 Å². The number of rotatable bonds is 9. The predicted octanol–water partition coefficient (Wildman–Crippen LogP) is 3.72. The Kier molecular flexibility index (Phi) is 7.50. The van der Waals surface area contributed by atoms with Gasteiger partial charge in [-0.3, -0.25) is 0 Å². The molecule has 0 aliphatic carbocycles. The Labute approximate surface area is 153 Å². The molecule has 1 N–H and O–H groups in total. The summed E-state index contributed by atoms with van der Waals surface area (Å²) in [4.78, 5) is 2.12. The van der Waals surface area contributed by atoms with E-state index in [-0.39, 0.29) is 12.4 Å². The Morgan fingerprint density at radius 3 is 2.48 bits per heavy atom. The zero-order valence-corrected chi connectivity index (χ0v) is 15.6. The first-order valence-corrected chi connectivity index (χ1v) is 8.46. The monoisotopic (exact) mass is 366 g/mol. The molecule has 0 fully saturated rings. The molecule has 2 rings (SSSR count). The summed E-state index contributed by atoms with van der Waals surface area (Å²) in [5, 5.41) is 3.85. The Bertz CT molecular complexity index is 678. The molecule has 0 saturated heterocycles. The second kappa shape index (κ2) is 9.61. The quantitative estimate of drug-likeness (QED) is 0.686. The van der Waals surface area contributed by atoms with Gasteiger partial charge in [0.1, 0.15) is 12.4 Å². The molecule has 0 bridgehead atoms. The molecule has 2 aromatic carbocycles. The van der Waals surface area contributed by atoms with Gasteiger partial charge in [0.25, 0.3) is 0 Å². The SMILES string of the molecule is COc1cc(CNCCN(C)C)cc(Cl)c1OCc1ccc(F)cc1. The molecule has 0 atom stereocenters. The number of halogens is 2. The molecule has 0 aliphatic rings. The van der Waals surface area contributed by atoms with Crippen LogP contribution in [0.4, 0.5) is 4.39 Å². The number of hydrogen-bond acceptors (Lipinski definition) is 4. The summed E-state index contributed by atoms with van der Waals surface area (Å²) in [5.74, 6) is 0.801. The highest BCUT2D eigenvalue weighted by Gasteiger charge is 2.12. The molecule has 4 nitrogen and oxygen atoms in total. The van der Waals surface area contributed by atoms with Crippen LogP contribution >= 0.6 is 11.6 Å². The van der Waals surface area contributed by atoms with Gasteiger partial charge >= 0.3 is 0 Å². The van der Waals surface area contributed by atoms with Crippen molar-refractivity contribution in [3.05, 3.63) is 58.4 Å². The van der Waals surface area contributed by atoms with Crippen LogP contribution in [0.2, 0.25) is 5.02 Å². The van der Waals surface area contributed by atoms with Crippen molar-refractivity contribution in [1.29, 1.82) is 0 Å². The molecular weight excluding hydrogens is 343 g/mol. The van der Waals surface area contributed by atoms with E-state index in [1.165, 1.54) is 12.1 Å². The predicted molar refractivity (Wildman–Crippen MR) is 99.0 cm³/mol. The first-order chi connectivity index (χ1) is 12.0. The van der Waals surface area contributed by atoms with Gasteiger partial charge in [0.2, 0.25) is 0 Å². The van der Waals surface area contributed by atoms with E-state index >= 15 is 0 Å². The fourth-order valence-electron chi connectivity index (χ4n) is 2.29. The third kappa shape index (κ3) is 6.20. The molecule has 0 radical (unpaired) electrons. The summed E-state index contributed by atoms with van der Waals surface area (Å²) >= 11 is 6.37. The molecule has 0 spiro atoms. The van der Waals surface area contributed by atoms with Gasteiger partial charge in [-0.1, -0.05) is 23.7 Å². The van der Waals surface area contributed by atoms with Crippen molar-refractivity contribution in [2.75, 3.05) is 34.3 Å². The second-order valence-electron chi connectivity index (χ2n) is 6.00. The minimum absolute atomic E-state index is 0.273. The lowest BCUT2D eigenvalue weighted by Gasteiger charge is -2.15. The van der Waals surface area contributed by atoms with Crippen LogP contribution in [-0.4, -0.2) is 39.2 Å². The average molecular weight is 367 g/mol. The van der Waals surface area contributed by atoms with E-state index in [9.17, 15) is 4.39 Å². The molecule has 0 heterocycles. The van der Waals surface area contributed by atoms with E-state index < -0.39 is 0 Å². The van der Waals surface area contributed by atoms with Gasteiger partial charge in [-0.2, -0.15) is 0 Å². The van der Waals surface area contributed by atoms with Gasteiger partial charge < -0.3 is 19.7 Å². The summed E-state index contributed by atoms with van der Waals surface area (Å²) in [5.41, 5.74) is 1.88. The lowest BCUT2D eigenvalue weighted by atomic mass is 10.2. The molecule has 2 aromatic rings. The number of benzene rings is 2. The van der Waals surface area contributed by atoms with Crippen LogP contribution in [0.1, 0.15) is 11.1 Å². The van der Waals surface area contributed by atoms with Crippen LogP contribution in [0.15, 0.2) is 36.4 Å². The summed E-state index contributed by atoms with van der Waals surface area (Å²) in [6, 6.07) is 9.94. The van der Waals surface area contributed by atoms with Crippen molar-refractivity contribution in [3.8, 4) is 11.5 Å². The lowest BCUT2D eigenvalue weighted by molar-refractivity contribution is 0.284.